The number of allylic oxidation sites excluding steroid dienone is 2. The van der Waals surface area contributed by atoms with Gasteiger partial charge in [-0.3, -0.25) is 4.79 Å². The van der Waals surface area contributed by atoms with Gasteiger partial charge in [0.15, 0.2) is 5.78 Å². The summed E-state index contributed by atoms with van der Waals surface area (Å²) in [4.78, 5) is 12.5. The molecule has 3 aliphatic rings. The van der Waals surface area contributed by atoms with Gasteiger partial charge in [-0.05, 0) is 60.1 Å². The van der Waals surface area contributed by atoms with Gasteiger partial charge in [0.05, 0.1) is 0 Å². The highest BCUT2D eigenvalue weighted by Crippen LogP contribution is 2.58. The highest BCUT2D eigenvalue weighted by Gasteiger charge is 2.49. The molecule has 4 rings (SSSR count). The molecule has 0 aromatic heterocycles. The lowest BCUT2D eigenvalue weighted by atomic mass is 9.55. The number of phenolic OH excluding ortho intramolecular Hbond substituents is 1. The van der Waals surface area contributed by atoms with Gasteiger partial charge >= 0.3 is 0 Å². The van der Waals surface area contributed by atoms with Crippen LogP contribution in [0.5, 0.6) is 5.75 Å². The molecule has 0 heterocycles. The number of fused-ring (bicyclic) bond motifs is 5. The molecule has 1 aromatic rings. The van der Waals surface area contributed by atoms with Crippen LogP contribution in [0.4, 0.5) is 0 Å². The molecular weight excluding hydrogens is 248 g/mol. The Kier molecular flexibility index (Phi) is 2.42. The standard InChI is InChI=1S/C18H20O2/c1-18-7-2-3-16(18)14-10-17(20)15-9-11(19)4-5-12(15)13(14)6-8-18/h2,4-5,7,9,13-14,16,19H,3,6,8,10H2,1H3/t13-,14-,16+,18+/m1/s1. The van der Waals surface area contributed by atoms with E-state index in [9.17, 15) is 9.90 Å². The van der Waals surface area contributed by atoms with E-state index in [2.05, 4.69) is 19.1 Å². The van der Waals surface area contributed by atoms with E-state index in [-0.39, 0.29) is 11.5 Å². The first-order chi connectivity index (χ1) is 9.58. The molecule has 0 radical (unpaired) electrons. The van der Waals surface area contributed by atoms with Gasteiger partial charge in [0.1, 0.15) is 5.75 Å². The highest BCUT2D eigenvalue weighted by molar-refractivity contribution is 5.99. The van der Waals surface area contributed by atoms with Crippen LogP contribution >= 0.6 is 0 Å². The van der Waals surface area contributed by atoms with Crippen LogP contribution in [0.2, 0.25) is 0 Å². The third-order valence-electron chi connectivity index (χ3n) is 5.92. The first kappa shape index (κ1) is 12.2. The molecule has 1 aromatic carbocycles. The molecule has 3 aliphatic carbocycles. The number of ketones is 1. The van der Waals surface area contributed by atoms with E-state index >= 15 is 0 Å². The van der Waals surface area contributed by atoms with E-state index in [0.29, 0.717) is 29.6 Å². The van der Waals surface area contributed by atoms with Crippen molar-refractivity contribution in [3.8, 4) is 5.75 Å². The SMILES string of the molecule is C[C@@]12C=CC[C@H]1[C@@H]1CC(=O)c3cc(O)ccc3[C@H]1CC2. The van der Waals surface area contributed by atoms with Crippen molar-refractivity contribution in [2.75, 3.05) is 0 Å². The molecule has 4 atom stereocenters. The number of Topliss-reactive ketones (excluding diaryl/α,β-unsaturated/α-hetero) is 1. The Morgan fingerprint density at radius 3 is 3.05 bits per heavy atom. The Balaban J connectivity index is 1.79. The number of benzene rings is 1. The van der Waals surface area contributed by atoms with E-state index < -0.39 is 0 Å². The van der Waals surface area contributed by atoms with Crippen molar-refractivity contribution in [3.63, 3.8) is 0 Å². The van der Waals surface area contributed by atoms with Crippen molar-refractivity contribution in [2.45, 2.75) is 38.5 Å². The van der Waals surface area contributed by atoms with Crippen molar-refractivity contribution in [1.82, 2.24) is 0 Å². The number of carbonyl (C=O) groups is 1. The molecule has 0 spiro atoms. The van der Waals surface area contributed by atoms with E-state index in [0.717, 1.165) is 18.4 Å². The lowest BCUT2D eigenvalue weighted by molar-refractivity contribution is 0.0659. The Morgan fingerprint density at radius 1 is 1.35 bits per heavy atom. The molecule has 2 heteroatoms. The lowest BCUT2D eigenvalue weighted by Crippen LogP contribution is -2.41. The third-order valence-corrected chi connectivity index (χ3v) is 5.92. The maximum absolute atomic E-state index is 12.5. The Hall–Kier alpha value is -1.57. The fourth-order valence-corrected chi connectivity index (χ4v) is 4.87. The van der Waals surface area contributed by atoms with Gasteiger partial charge in [-0.2, -0.15) is 0 Å². The van der Waals surface area contributed by atoms with Gasteiger partial charge in [-0.15, -0.1) is 0 Å². The van der Waals surface area contributed by atoms with Gasteiger partial charge in [-0.1, -0.05) is 25.1 Å². The smallest absolute Gasteiger partial charge is 0.163 e. The van der Waals surface area contributed by atoms with E-state index in [1.165, 1.54) is 12.0 Å². The molecule has 0 unspecified atom stereocenters. The minimum Gasteiger partial charge on any atom is -0.508 e. The summed E-state index contributed by atoms with van der Waals surface area (Å²) < 4.78 is 0. The normalized spacial score (nSPS) is 38.2. The van der Waals surface area contributed by atoms with Crippen molar-refractivity contribution in [1.29, 1.82) is 0 Å². The van der Waals surface area contributed by atoms with Crippen LogP contribution in [0.3, 0.4) is 0 Å². The summed E-state index contributed by atoms with van der Waals surface area (Å²) in [7, 11) is 0. The molecule has 20 heavy (non-hydrogen) atoms. The molecule has 0 saturated heterocycles. The number of hydrogen-bond acceptors (Lipinski definition) is 2. The highest BCUT2D eigenvalue weighted by atomic mass is 16.3. The van der Waals surface area contributed by atoms with Crippen LogP contribution < -0.4 is 0 Å². The Labute approximate surface area is 119 Å². The second kappa shape index (κ2) is 3.97. The number of aromatic hydroxyl groups is 1. The number of rotatable bonds is 0. The van der Waals surface area contributed by atoms with Crippen molar-refractivity contribution in [3.05, 3.63) is 41.5 Å². The minimum atomic E-state index is 0.207. The van der Waals surface area contributed by atoms with Crippen molar-refractivity contribution < 1.29 is 9.90 Å². The summed E-state index contributed by atoms with van der Waals surface area (Å²) in [6.07, 6.45) is 8.84. The van der Waals surface area contributed by atoms with E-state index in [1.54, 1.807) is 12.1 Å². The van der Waals surface area contributed by atoms with Crippen molar-refractivity contribution in [2.24, 2.45) is 17.3 Å². The monoisotopic (exact) mass is 268 g/mol. The lowest BCUT2D eigenvalue weighted by Gasteiger charge is -2.48. The number of carbonyl (C=O) groups excluding carboxylic acids is 1. The summed E-state index contributed by atoms with van der Waals surface area (Å²) in [5.41, 5.74) is 2.24. The molecule has 0 amide bonds. The van der Waals surface area contributed by atoms with Crippen LogP contribution in [0.25, 0.3) is 0 Å². The Bertz CT molecular complexity index is 616. The third kappa shape index (κ3) is 1.54. The number of hydrogen-bond donors (Lipinski definition) is 1. The van der Waals surface area contributed by atoms with Gasteiger partial charge in [-0.25, -0.2) is 0 Å². The second-order valence-corrected chi connectivity index (χ2v) is 6.96. The first-order valence-electron chi connectivity index (χ1n) is 7.62. The van der Waals surface area contributed by atoms with Gasteiger partial charge in [0.2, 0.25) is 0 Å². The maximum atomic E-state index is 12.5. The van der Waals surface area contributed by atoms with Crippen molar-refractivity contribution >= 4 is 5.78 Å². The van der Waals surface area contributed by atoms with E-state index in [1.807, 2.05) is 6.07 Å². The van der Waals surface area contributed by atoms with Gasteiger partial charge < -0.3 is 5.11 Å². The molecule has 0 aliphatic heterocycles. The number of phenols is 1. The van der Waals surface area contributed by atoms with E-state index in [4.69, 9.17) is 0 Å². The average Bonchev–Trinajstić information content (AvgIpc) is 2.81. The molecule has 2 nitrogen and oxygen atoms in total. The van der Waals surface area contributed by atoms with Crippen LogP contribution in [-0.2, 0) is 0 Å². The zero-order chi connectivity index (χ0) is 13.9. The van der Waals surface area contributed by atoms with Crippen LogP contribution in [0, 0.1) is 17.3 Å². The summed E-state index contributed by atoms with van der Waals surface area (Å²) in [5, 5.41) is 9.63. The van der Waals surface area contributed by atoms with Gasteiger partial charge in [0, 0.05) is 12.0 Å². The summed E-state index contributed by atoms with van der Waals surface area (Å²) in [6.45, 7) is 2.36. The average molecular weight is 268 g/mol. The fraction of sp³-hybridized carbons (Fsp3) is 0.500. The van der Waals surface area contributed by atoms with Crippen LogP contribution in [0.15, 0.2) is 30.4 Å². The predicted molar refractivity (Wildman–Crippen MR) is 77.9 cm³/mol. The quantitative estimate of drug-likeness (QED) is 0.721. The van der Waals surface area contributed by atoms with Crippen LogP contribution in [0.1, 0.15) is 54.4 Å². The summed E-state index contributed by atoms with van der Waals surface area (Å²) in [5.74, 6) is 2.02. The predicted octanol–water partition coefficient (Wildman–Crippen LogP) is 4.05. The molecule has 1 N–H and O–H groups in total. The molecular formula is C18H20O2. The second-order valence-electron chi connectivity index (χ2n) is 6.96. The minimum absolute atomic E-state index is 0.207. The molecule has 1 saturated carbocycles. The Morgan fingerprint density at radius 2 is 2.20 bits per heavy atom. The molecule has 0 bridgehead atoms. The molecule has 104 valence electrons. The topological polar surface area (TPSA) is 37.3 Å². The van der Waals surface area contributed by atoms with Gasteiger partial charge in [0.25, 0.3) is 0 Å². The zero-order valence-corrected chi connectivity index (χ0v) is 11.8. The zero-order valence-electron chi connectivity index (χ0n) is 11.8. The maximum Gasteiger partial charge on any atom is 0.163 e. The largest absolute Gasteiger partial charge is 0.508 e. The van der Waals surface area contributed by atoms with Crippen LogP contribution in [-0.4, -0.2) is 10.9 Å². The fourth-order valence-electron chi connectivity index (χ4n) is 4.87. The molecule has 1 fully saturated rings. The summed E-state index contributed by atoms with van der Waals surface area (Å²) in [6, 6.07) is 5.37. The first-order valence-corrected chi connectivity index (χ1v) is 7.62. The summed E-state index contributed by atoms with van der Waals surface area (Å²) >= 11 is 0.